The van der Waals surface area contributed by atoms with E-state index in [2.05, 4.69) is 19.2 Å². The topological polar surface area (TPSA) is 64.3 Å². The fourth-order valence-electron chi connectivity index (χ4n) is 2.30. The summed E-state index contributed by atoms with van der Waals surface area (Å²) in [6, 6.07) is 7.26. The van der Waals surface area contributed by atoms with E-state index in [1.165, 1.54) is 0 Å². The molecule has 0 saturated heterocycles. The zero-order valence-corrected chi connectivity index (χ0v) is 12.7. The summed E-state index contributed by atoms with van der Waals surface area (Å²) in [7, 11) is 0. The van der Waals surface area contributed by atoms with Crippen molar-refractivity contribution in [3.05, 3.63) is 29.8 Å². The van der Waals surface area contributed by atoms with Crippen LogP contribution in [0.15, 0.2) is 24.3 Å². The van der Waals surface area contributed by atoms with Crippen LogP contribution in [0.2, 0.25) is 0 Å². The zero-order chi connectivity index (χ0) is 15.0. The summed E-state index contributed by atoms with van der Waals surface area (Å²) in [5.41, 5.74) is 6.68. The van der Waals surface area contributed by atoms with E-state index >= 15 is 0 Å². The van der Waals surface area contributed by atoms with Crippen molar-refractivity contribution in [2.75, 3.05) is 13.2 Å². The van der Waals surface area contributed by atoms with Crippen LogP contribution in [0.4, 0.5) is 0 Å². The number of carbonyl (C=O) groups excluding carboxylic acids is 1. The summed E-state index contributed by atoms with van der Waals surface area (Å²) < 4.78 is 5.46. The summed E-state index contributed by atoms with van der Waals surface area (Å²) in [4.78, 5) is 12.2. The predicted molar refractivity (Wildman–Crippen MR) is 82.0 cm³/mol. The number of rotatable bonds is 8. The molecule has 4 heteroatoms. The van der Waals surface area contributed by atoms with Crippen LogP contribution < -0.4 is 15.8 Å². The van der Waals surface area contributed by atoms with Crippen LogP contribution >= 0.6 is 0 Å². The van der Waals surface area contributed by atoms with Gasteiger partial charge >= 0.3 is 0 Å². The average molecular weight is 278 g/mol. The van der Waals surface area contributed by atoms with Gasteiger partial charge in [0.2, 0.25) is 0 Å². The van der Waals surface area contributed by atoms with E-state index in [0.29, 0.717) is 30.4 Å². The fourth-order valence-corrected chi connectivity index (χ4v) is 2.30. The number of benzene rings is 1. The standard InChI is InChI=1S/C16H26N2O2/c1-4-12(5-2)14(17)11-18-16(19)13-9-7-8-10-15(13)20-6-3/h7-10,12,14H,4-6,11,17H2,1-3H3,(H,18,19). The number of hydrogen-bond donors (Lipinski definition) is 2. The molecule has 112 valence electrons. The van der Waals surface area contributed by atoms with Gasteiger partial charge in [-0.2, -0.15) is 0 Å². The Balaban J connectivity index is 2.63. The number of nitrogens with one attached hydrogen (secondary N) is 1. The van der Waals surface area contributed by atoms with Crippen molar-refractivity contribution >= 4 is 5.91 Å². The fraction of sp³-hybridized carbons (Fsp3) is 0.562. The van der Waals surface area contributed by atoms with Crippen molar-refractivity contribution in [3.63, 3.8) is 0 Å². The Morgan fingerprint density at radius 2 is 1.90 bits per heavy atom. The quantitative estimate of drug-likeness (QED) is 0.768. The summed E-state index contributed by atoms with van der Waals surface area (Å²) >= 11 is 0. The summed E-state index contributed by atoms with van der Waals surface area (Å²) in [6.45, 7) is 7.18. The second-order valence-electron chi connectivity index (χ2n) is 4.88. The van der Waals surface area contributed by atoms with Crippen LogP contribution in [0.1, 0.15) is 44.0 Å². The highest BCUT2D eigenvalue weighted by atomic mass is 16.5. The number of amides is 1. The first-order valence-electron chi connectivity index (χ1n) is 7.39. The summed E-state index contributed by atoms with van der Waals surface area (Å²) in [5, 5.41) is 2.90. The molecule has 0 heterocycles. The second kappa shape index (κ2) is 8.59. The summed E-state index contributed by atoms with van der Waals surface area (Å²) in [6.07, 6.45) is 2.06. The van der Waals surface area contributed by atoms with Crippen molar-refractivity contribution in [1.29, 1.82) is 0 Å². The van der Waals surface area contributed by atoms with Crippen LogP contribution in [-0.4, -0.2) is 25.1 Å². The molecule has 1 atom stereocenters. The third-order valence-corrected chi connectivity index (χ3v) is 3.58. The first-order chi connectivity index (χ1) is 9.63. The van der Waals surface area contributed by atoms with Crippen molar-refractivity contribution in [2.24, 2.45) is 11.7 Å². The normalized spacial score (nSPS) is 12.2. The molecule has 1 aromatic carbocycles. The van der Waals surface area contributed by atoms with Gasteiger partial charge < -0.3 is 15.8 Å². The Bertz CT molecular complexity index is 417. The van der Waals surface area contributed by atoms with Gasteiger partial charge in [-0.25, -0.2) is 0 Å². The van der Waals surface area contributed by atoms with Crippen LogP contribution in [-0.2, 0) is 0 Å². The third kappa shape index (κ3) is 4.53. The van der Waals surface area contributed by atoms with Gasteiger partial charge in [0.1, 0.15) is 5.75 Å². The van der Waals surface area contributed by atoms with Gasteiger partial charge in [-0.1, -0.05) is 38.8 Å². The van der Waals surface area contributed by atoms with Gasteiger partial charge in [-0.3, -0.25) is 4.79 Å². The van der Waals surface area contributed by atoms with Gasteiger partial charge in [-0.15, -0.1) is 0 Å². The molecule has 0 aliphatic heterocycles. The number of para-hydroxylation sites is 1. The minimum atomic E-state index is -0.129. The lowest BCUT2D eigenvalue weighted by Crippen LogP contribution is -2.41. The minimum absolute atomic E-state index is 0.00629. The maximum atomic E-state index is 12.2. The number of hydrogen-bond acceptors (Lipinski definition) is 3. The Hall–Kier alpha value is -1.55. The van der Waals surface area contributed by atoms with E-state index in [4.69, 9.17) is 10.5 Å². The second-order valence-corrected chi connectivity index (χ2v) is 4.88. The molecule has 0 aliphatic rings. The van der Waals surface area contributed by atoms with Crippen molar-refractivity contribution in [2.45, 2.75) is 39.7 Å². The molecule has 1 rings (SSSR count). The molecule has 1 aromatic rings. The molecular formula is C16H26N2O2. The Morgan fingerprint density at radius 1 is 1.25 bits per heavy atom. The van der Waals surface area contributed by atoms with Gasteiger partial charge in [-0.05, 0) is 25.0 Å². The Labute approximate surface area is 121 Å². The van der Waals surface area contributed by atoms with Crippen LogP contribution in [0, 0.1) is 5.92 Å². The highest BCUT2D eigenvalue weighted by Crippen LogP contribution is 2.18. The Morgan fingerprint density at radius 3 is 2.50 bits per heavy atom. The Kier molecular flexibility index (Phi) is 7.09. The van der Waals surface area contributed by atoms with E-state index in [1.807, 2.05) is 19.1 Å². The number of nitrogens with two attached hydrogens (primary N) is 1. The van der Waals surface area contributed by atoms with E-state index < -0.39 is 0 Å². The molecule has 0 bridgehead atoms. The lowest BCUT2D eigenvalue weighted by Gasteiger charge is -2.21. The molecular weight excluding hydrogens is 252 g/mol. The SMILES string of the molecule is CCOc1ccccc1C(=O)NCC(N)C(CC)CC. The van der Waals surface area contributed by atoms with Gasteiger partial charge in [0.25, 0.3) is 5.91 Å². The zero-order valence-electron chi connectivity index (χ0n) is 12.7. The average Bonchev–Trinajstić information content (AvgIpc) is 2.47. The van der Waals surface area contributed by atoms with E-state index in [-0.39, 0.29) is 11.9 Å². The number of carbonyl (C=O) groups is 1. The predicted octanol–water partition coefficient (Wildman–Crippen LogP) is 2.58. The van der Waals surface area contributed by atoms with E-state index in [9.17, 15) is 4.79 Å². The third-order valence-electron chi connectivity index (χ3n) is 3.58. The first-order valence-corrected chi connectivity index (χ1v) is 7.39. The van der Waals surface area contributed by atoms with Gasteiger partial charge in [0, 0.05) is 12.6 Å². The maximum Gasteiger partial charge on any atom is 0.255 e. The molecule has 0 spiro atoms. The molecule has 3 N–H and O–H groups in total. The van der Waals surface area contributed by atoms with Crippen LogP contribution in [0.3, 0.4) is 0 Å². The van der Waals surface area contributed by atoms with Crippen molar-refractivity contribution in [1.82, 2.24) is 5.32 Å². The van der Waals surface area contributed by atoms with Gasteiger partial charge in [0.05, 0.1) is 12.2 Å². The molecule has 0 aromatic heterocycles. The van der Waals surface area contributed by atoms with Crippen molar-refractivity contribution in [3.8, 4) is 5.75 Å². The highest BCUT2D eigenvalue weighted by Gasteiger charge is 2.17. The molecule has 0 aliphatic carbocycles. The van der Waals surface area contributed by atoms with E-state index in [1.54, 1.807) is 12.1 Å². The maximum absolute atomic E-state index is 12.2. The first kappa shape index (κ1) is 16.5. The smallest absolute Gasteiger partial charge is 0.255 e. The van der Waals surface area contributed by atoms with Crippen LogP contribution in [0.25, 0.3) is 0 Å². The minimum Gasteiger partial charge on any atom is -0.493 e. The largest absolute Gasteiger partial charge is 0.493 e. The molecule has 1 amide bonds. The monoisotopic (exact) mass is 278 g/mol. The lowest BCUT2D eigenvalue weighted by atomic mass is 9.95. The molecule has 0 radical (unpaired) electrons. The molecule has 4 nitrogen and oxygen atoms in total. The lowest BCUT2D eigenvalue weighted by molar-refractivity contribution is 0.0944. The molecule has 0 saturated carbocycles. The molecule has 20 heavy (non-hydrogen) atoms. The van der Waals surface area contributed by atoms with Gasteiger partial charge in [0.15, 0.2) is 0 Å². The highest BCUT2D eigenvalue weighted by molar-refractivity contribution is 5.96. The number of ether oxygens (including phenoxy) is 1. The van der Waals surface area contributed by atoms with Crippen molar-refractivity contribution < 1.29 is 9.53 Å². The molecule has 0 fully saturated rings. The molecule has 1 unspecified atom stereocenters. The van der Waals surface area contributed by atoms with E-state index in [0.717, 1.165) is 12.8 Å². The van der Waals surface area contributed by atoms with Crippen LogP contribution in [0.5, 0.6) is 5.75 Å². The summed E-state index contributed by atoms with van der Waals surface area (Å²) in [5.74, 6) is 0.927.